The number of carbonyl (C=O) groups is 2. The molecule has 0 saturated heterocycles. The molecule has 4 nitrogen and oxygen atoms in total. The third-order valence-electron chi connectivity index (χ3n) is 3.82. The summed E-state index contributed by atoms with van der Waals surface area (Å²) < 4.78 is 0. The van der Waals surface area contributed by atoms with Gasteiger partial charge in [0.25, 0.3) is 0 Å². The zero-order valence-corrected chi connectivity index (χ0v) is 15.6. The maximum absolute atomic E-state index is 12.2. The van der Waals surface area contributed by atoms with Crippen molar-refractivity contribution in [3.05, 3.63) is 64.2 Å². The minimum atomic E-state index is -0.184. The Bertz CT molecular complexity index is 754. The van der Waals surface area contributed by atoms with Crippen molar-refractivity contribution in [2.24, 2.45) is 0 Å². The van der Waals surface area contributed by atoms with Crippen molar-refractivity contribution in [1.29, 1.82) is 0 Å². The lowest BCUT2D eigenvalue weighted by Gasteiger charge is -2.21. The van der Waals surface area contributed by atoms with Crippen molar-refractivity contribution >= 4 is 29.1 Å². The number of rotatable bonds is 6. The molecule has 2 rings (SSSR count). The Morgan fingerprint density at radius 1 is 1.08 bits per heavy atom. The highest BCUT2D eigenvalue weighted by atomic mass is 35.5. The molecule has 0 unspecified atom stereocenters. The number of halogens is 1. The number of hydrogen-bond acceptors (Lipinski definition) is 2. The fourth-order valence-electron chi connectivity index (χ4n) is 2.73. The van der Waals surface area contributed by atoms with Crippen molar-refractivity contribution < 1.29 is 9.59 Å². The fourth-order valence-corrected chi connectivity index (χ4v) is 2.94. The van der Waals surface area contributed by atoms with Gasteiger partial charge in [0.05, 0.1) is 0 Å². The molecule has 0 aliphatic rings. The molecule has 2 amide bonds. The van der Waals surface area contributed by atoms with E-state index in [2.05, 4.69) is 5.32 Å². The number of amides is 2. The first kappa shape index (κ1) is 19.0. The number of hydrogen-bond donors (Lipinski definition) is 1. The average Bonchev–Trinajstić information content (AvgIpc) is 2.51. The van der Waals surface area contributed by atoms with Crippen LogP contribution in [0.1, 0.15) is 23.6 Å². The minimum absolute atomic E-state index is 0.00771. The maximum Gasteiger partial charge on any atom is 0.240 e. The Morgan fingerprint density at radius 3 is 2.36 bits per heavy atom. The number of benzene rings is 2. The topological polar surface area (TPSA) is 49.4 Å². The summed E-state index contributed by atoms with van der Waals surface area (Å²) in [4.78, 5) is 25.7. The second-order valence-corrected chi connectivity index (χ2v) is 6.62. The lowest BCUT2D eigenvalue weighted by Crippen LogP contribution is -2.40. The molecule has 2 aromatic carbocycles. The summed E-state index contributed by atoms with van der Waals surface area (Å²) in [6.45, 7) is 5.92. The minimum Gasteiger partial charge on any atom is -0.354 e. The van der Waals surface area contributed by atoms with Crippen molar-refractivity contribution in [3.63, 3.8) is 0 Å². The molecular formula is C20H23ClN2O2. The molecule has 0 radical (unpaired) electrons. The molecular weight excluding hydrogens is 336 g/mol. The van der Waals surface area contributed by atoms with Gasteiger partial charge < -0.3 is 10.2 Å². The first-order valence-electron chi connectivity index (χ1n) is 8.22. The molecule has 0 spiro atoms. The summed E-state index contributed by atoms with van der Waals surface area (Å²) in [6, 6.07) is 13.4. The van der Waals surface area contributed by atoms with E-state index in [1.54, 1.807) is 0 Å². The summed E-state index contributed by atoms with van der Waals surface area (Å²) in [6.07, 6.45) is 0.690. The largest absolute Gasteiger partial charge is 0.354 e. The lowest BCUT2D eigenvalue weighted by molar-refractivity contribution is -0.123. The van der Waals surface area contributed by atoms with Crippen molar-refractivity contribution in [2.45, 2.75) is 27.2 Å². The summed E-state index contributed by atoms with van der Waals surface area (Å²) in [5.74, 6) is -0.341. The number of carbonyl (C=O) groups excluding carboxylic acids is 2. The van der Waals surface area contributed by atoms with Gasteiger partial charge in [-0.15, -0.1) is 0 Å². The van der Waals surface area contributed by atoms with E-state index in [4.69, 9.17) is 11.6 Å². The van der Waals surface area contributed by atoms with E-state index in [9.17, 15) is 9.59 Å². The summed E-state index contributed by atoms with van der Waals surface area (Å²) in [7, 11) is 0. The Kier molecular flexibility index (Phi) is 6.59. The molecule has 0 saturated carbocycles. The fraction of sp³-hybridized carbons (Fsp3) is 0.300. The Labute approximate surface area is 153 Å². The monoisotopic (exact) mass is 358 g/mol. The van der Waals surface area contributed by atoms with Gasteiger partial charge in [0.1, 0.15) is 6.54 Å². The van der Waals surface area contributed by atoms with Gasteiger partial charge in [-0.05, 0) is 61.2 Å². The van der Waals surface area contributed by atoms with E-state index in [1.165, 1.54) is 11.8 Å². The molecule has 0 aliphatic carbocycles. The van der Waals surface area contributed by atoms with Crippen molar-refractivity contribution in [2.75, 3.05) is 18.0 Å². The van der Waals surface area contributed by atoms with E-state index >= 15 is 0 Å². The second-order valence-electron chi connectivity index (χ2n) is 6.18. The van der Waals surface area contributed by atoms with Crippen LogP contribution in [-0.2, 0) is 16.0 Å². The van der Waals surface area contributed by atoms with Crippen LogP contribution < -0.4 is 10.2 Å². The number of aryl methyl sites for hydroxylation is 2. The van der Waals surface area contributed by atoms with E-state index in [1.807, 2.05) is 56.3 Å². The molecule has 0 aromatic heterocycles. The third-order valence-corrected chi connectivity index (χ3v) is 4.06. The van der Waals surface area contributed by atoms with Crippen LogP contribution in [0.2, 0.25) is 5.02 Å². The Morgan fingerprint density at radius 2 is 1.76 bits per heavy atom. The molecule has 0 atom stereocenters. The van der Waals surface area contributed by atoms with Gasteiger partial charge in [0, 0.05) is 24.2 Å². The predicted molar refractivity (Wildman–Crippen MR) is 102 cm³/mol. The molecule has 0 heterocycles. The molecule has 0 bridgehead atoms. The highest BCUT2D eigenvalue weighted by Gasteiger charge is 2.16. The van der Waals surface area contributed by atoms with Gasteiger partial charge >= 0.3 is 0 Å². The number of anilines is 1. The predicted octanol–water partition coefficient (Wildman–Crippen LogP) is 3.67. The smallest absolute Gasteiger partial charge is 0.240 e. The quantitative estimate of drug-likeness (QED) is 0.856. The van der Waals surface area contributed by atoms with Crippen LogP contribution in [0.3, 0.4) is 0 Å². The van der Waals surface area contributed by atoms with Gasteiger partial charge in [-0.25, -0.2) is 0 Å². The molecule has 2 aromatic rings. The summed E-state index contributed by atoms with van der Waals surface area (Å²) in [5.41, 5.74) is 3.92. The van der Waals surface area contributed by atoms with E-state index < -0.39 is 0 Å². The molecule has 0 aliphatic heterocycles. The third kappa shape index (κ3) is 5.91. The van der Waals surface area contributed by atoms with Crippen molar-refractivity contribution in [3.8, 4) is 0 Å². The van der Waals surface area contributed by atoms with Crippen LogP contribution in [0, 0.1) is 13.8 Å². The van der Waals surface area contributed by atoms with Gasteiger partial charge in [0.2, 0.25) is 11.8 Å². The van der Waals surface area contributed by atoms with Crippen LogP contribution in [0.5, 0.6) is 0 Å². The van der Waals surface area contributed by atoms with E-state index in [0.717, 1.165) is 22.4 Å². The van der Waals surface area contributed by atoms with Crippen LogP contribution in [0.15, 0.2) is 42.5 Å². The highest BCUT2D eigenvalue weighted by molar-refractivity contribution is 6.30. The van der Waals surface area contributed by atoms with E-state index in [-0.39, 0.29) is 18.4 Å². The van der Waals surface area contributed by atoms with Crippen LogP contribution >= 0.6 is 11.6 Å². The molecule has 132 valence electrons. The first-order valence-corrected chi connectivity index (χ1v) is 8.60. The second kappa shape index (κ2) is 8.67. The van der Waals surface area contributed by atoms with Gasteiger partial charge in [-0.2, -0.15) is 0 Å². The first-order chi connectivity index (χ1) is 11.8. The van der Waals surface area contributed by atoms with Gasteiger partial charge in [0.15, 0.2) is 0 Å². The maximum atomic E-state index is 12.2. The SMILES string of the molecule is CC(=O)N(CC(=O)NCCc1cccc(Cl)c1)c1cc(C)cc(C)c1. The standard InChI is InChI=1S/C20H23ClN2O2/c1-14-9-15(2)11-19(10-14)23(16(3)24)13-20(25)22-8-7-17-5-4-6-18(21)12-17/h4-6,9-12H,7-8,13H2,1-3H3,(H,22,25). The normalized spacial score (nSPS) is 10.4. The van der Waals surface area contributed by atoms with Crippen LogP contribution in [0.25, 0.3) is 0 Å². The Hall–Kier alpha value is -2.33. The lowest BCUT2D eigenvalue weighted by atomic mass is 10.1. The zero-order valence-electron chi connectivity index (χ0n) is 14.8. The van der Waals surface area contributed by atoms with Crippen LogP contribution in [0.4, 0.5) is 5.69 Å². The van der Waals surface area contributed by atoms with Gasteiger partial charge in [-0.3, -0.25) is 9.59 Å². The number of nitrogens with zero attached hydrogens (tertiary/aromatic N) is 1. The summed E-state index contributed by atoms with van der Waals surface area (Å²) in [5, 5.41) is 3.54. The zero-order chi connectivity index (χ0) is 18.4. The number of nitrogens with one attached hydrogen (secondary N) is 1. The molecule has 5 heteroatoms. The van der Waals surface area contributed by atoms with E-state index in [0.29, 0.717) is 18.0 Å². The highest BCUT2D eigenvalue weighted by Crippen LogP contribution is 2.19. The van der Waals surface area contributed by atoms with Gasteiger partial charge in [-0.1, -0.05) is 29.8 Å². The van der Waals surface area contributed by atoms with Crippen molar-refractivity contribution in [1.82, 2.24) is 5.32 Å². The molecule has 1 N–H and O–H groups in total. The Balaban J connectivity index is 1.95. The average molecular weight is 359 g/mol. The molecule has 25 heavy (non-hydrogen) atoms. The summed E-state index contributed by atoms with van der Waals surface area (Å²) >= 11 is 5.95. The van der Waals surface area contributed by atoms with Crippen LogP contribution in [-0.4, -0.2) is 24.9 Å². The molecule has 0 fully saturated rings.